The van der Waals surface area contributed by atoms with Crippen molar-refractivity contribution in [1.29, 1.82) is 0 Å². The van der Waals surface area contributed by atoms with Gasteiger partial charge in [-0.25, -0.2) is 0 Å². The Kier molecular flexibility index (Phi) is 3.99. The van der Waals surface area contributed by atoms with Crippen molar-refractivity contribution in [1.82, 2.24) is 0 Å². The average Bonchev–Trinajstić information content (AvgIpc) is 2.90. The van der Waals surface area contributed by atoms with Crippen LogP contribution in [0.25, 0.3) is 0 Å². The zero-order valence-corrected chi connectivity index (χ0v) is 15.2. The molecular weight excluding hydrogens is 320 g/mol. The van der Waals surface area contributed by atoms with E-state index in [2.05, 4.69) is 19.1 Å². The van der Waals surface area contributed by atoms with Gasteiger partial charge in [-0.2, -0.15) is 0 Å². The second kappa shape index (κ2) is 5.91. The molecule has 2 fully saturated rings. The van der Waals surface area contributed by atoms with Gasteiger partial charge in [0.05, 0.1) is 0 Å². The molecule has 0 saturated heterocycles. The van der Waals surface area contributed by atoms with Crippen molar-refractivity contribution in [2.45, 2.75) is 58.3 Å². The largest absolute Gasteiger partial charge is 0.427 e. The van der Waals surface area contributed by atoms with E-state index in [-0.39, 0.29) is 5.97 Å². The summed E-state index contributed by atoms with van der Waals surface area (Å²) in [5.74, 6) is 2.64. The van der Waals surface area contributed by atoms with Crippen molar-refractivity contribution in [2.75, 3.05) is 0 Å². The number of rotatable bonds is 1. The minimum atomic E-state index is -0.247. The number of benzene rings is 1. The lowest BCUT2D eigenvalue weighted by Gasteiger charge is -2.49. The molecule has 0 N–H and O–H groups in total. The van der Waals surface area contributed by atoms with Crippen LogP contribution in [-0.2, 0) is 11.2 Å². The number of carbonyl (C=O) groups is 1. The van der Waals surface area contributed by atoms with Crippen LogP contribution >= 0.6 is 11.6 Å². The average molecular weight is 345 g/mol. The van der Waals surface area contributed by atoms with Gasteiger partial charge in [0.25, 0.3) is 0 Å². The minimum absolute atomic E-state index is 0.247. The maximum absolute atomic E-state index is 11.2. The lowest BCUT2D eigenvalue weighted by molar-refractivity contribution is -0.131. The smallest absolute Gasteiger partial charge is 0.308 e. The number of hydrogen-bond acceptors (Lipinski definition) is 2. The zero-order valence-electron chi connectivity index (χ0n) is 14.5. The van der Waals surface area contributed by atoms with E-state index in [9.17, 15) is 4.79 Å². The molecule has 4 rings (SSSR count). The summed E-state index contributed by atoms with van der Waals surface area (Å²) in [5, 5.41) is 0. The summed E-state index contributed by atoms with van der Waals surface area (Å²) in [7, 11) is 0. The first-order chi connectivity index (χ1) is 11.5. The van der Waals surface area contributed by atoms with Crippen LogP contribution in [0.4, 0.5) is 0 Å². The van der Waals surface area contributed by atoms with Crippen LogP contribution in [0.2, 0.25) is 0 Å². The Morgan fingerprint density at radius 3 is 2.88 bits per heavy atom. The summed E-state index contributed by atoms with van der Waals surface area (Å²) in [5.41, 5.74) is 6.53. The van der Waals surface area contributed by atoms with Crippen LogP contribution in [0.1, 0.15) is 63.0 Å². The van der Waals surface area contributed by atoms with Crippen molar-refractivity contribution in [2.24, 2.45) is 17.3 Å². The highest BCUT2D eigenvalue weighted by Crippen LogP contribution is 2.62. The molecule has 2 nitrogen and oxygen atoms in total. The van der Waals surface area contributed by atoms with E-state index in [1.165, 1.54) is 55.7 Å². The molecule has 3 aliphatic carbocycles. The third kappa shape index (κ3) is 2.42. The fraction of sp³-hybridized carbons (Fsp3) is 0.571. The Bertz CT molecular complexity index is 708. The summed E-state index contributed by atoms with van der Waals surface area (Å²) in [6.45, 7) is 3.90. The standard InChI is InChI=1S/C21H25ClO2/c1-13(23)24-16-5-7-17-14(11-16)3-6-19-18(17)9-10-21(2)15(12-22)4-8-20(19)21/h5,7,11-12,18-20H,3-4,6,8-10H2,1-2H3/t18-,19-,20+,21-/m1/s1. The molecule has 0 aromatic heterocycles. The fourth-order valence-corrected chi connectivity index (χ4v) is 6.17. The highest BCUT2D eigenvalue weighted by molar-refractivity contribution is 6.25. The van der Waals surface area contributed by atoms with Crippen molar-refractivity contribution in [3.63, 3.8) is 0 Å². The molecule has 0 heterocycles. The number of fused-ring (bicyclic) bond motifs is 5. The van der Waals surface area contributed by atoms with Crippen LogP contribution < -0.4 is 4.74 Å². The lowest BCUT2D eigenvalue weighted by Crippen LogP contribution is -2.40. The molecule has 0 amide bonds. The number of allylic oxidation sites excluding steroid dienone is 1. The number of carbonyl (C=O) groups excluding carboxylic acids is 1. The Labute approximate surface area is 149 Å². The molecule has 1 aromatic rings. The van der Waals surface area contributed by atoms with Gasteiger partial charge in [0.15, 0.2) is 0 Å². The Morgan fingerprint density at radius 1 is 1.29 bits per heavy atom. The third-order valence-electron chi connectivity index (χ3n) is 6.94. The molecule has 2 saturated carbocycles. The lowest BCUT2D eigenvalue weighted by atomic mass is 9.55. The number of esters is 1. The summed E-state index contributed by atoms with van der Waals surface area (Å²) < 4.78 is 5.27. The van der Waals surface area contributed by atoms with E-state index in [4.69, 9.17) is 16.3 Å². The second-order valence-corrected chi connectivity index (χ2v) is 8.22. The summed E-state index contributed by atoms with van der Waals surface area (Å²) in [6.07, 6.45) is 7.28. The number of hydrogen-bond donors (Lipinski definition) is 0. The molecular formula is C21H25ClO2. The summed E-state index contributed by atoms with van der Waals surface area (Å²) >= 11 is 6.13. The van der Waals surface area contributed by atoms with Gasteiger partial charge in [-0.3, -0.25) is 4.79 Å². The maximum atomic E-state index is 11.2. The molecule has 0 bridgehead atoms. The summed E-state index contributed by atoms with van der Waals surface area (Å²) in [4.78, 5) is 11.2. The van der Waals surface area contributed by atoms with Gasteiger partial charge in [-0.1, -0.05) is 30.2 Å². The number of halogens is 1. The Morgan fingerprint density at radius 2 is 2.12 bits per heavy atom. The van der Waals surface area contributed by atoms with E-state index in [1.807, 2.05) is 11.6 Å². The number of ether oxygens (including phenoxy) is 1. The van der Waals surface area contributed by atoms with E-state index in [1.54, 1.807) is 0 Å². The molecule has 0 unspecified atom stereocenters. The predicted octanol–water partition coefficient (Wildman–Crippen LogP) is 5.59. The highest BCUT2D eigenvalue weighted by atomic mass is 35.5. The van der Waals surface area contributed by atoms with Gasteiger partial charge < -0.3 is 4.74 Å². The van der Waals surface area contributed by atoms with Crippen LogP contribution in [0, 0.1) is 17.3 Å². The van der Waals surface area contributed by atoms with Gasteiger partial charge in [-0.05, 0) is 85.0 Å². The van der Waals surface area contributed by atoms with E-state index >= 15 is 0 Å². The van der Waals surface area contributed by atoms with Crippen LogP contribution in [-0.4, -0.2) is 5.97 Å². The fourth-order valence-electron chi connectivity index (χ4n) is 5.82. The Hall–Kier alpha value is -1.28. The summed E-state index contributed by atoms with van der Waals surface area (Å²) in [6, 6.07) is 6.26. The van der Waals surface area contributed by atoms with Gasteiger partial charge in [0.1, 0.15) is 5.75 Å². The Balaban J connectivity index is 1.64. The molecule has 0 spiro atoms. The minimum Gasteiger partial charge on any atom is -0.427 e. The second-order valence-electron chi connectivity index (χ2n) is 8.00. The van der Waals surface area contributed by atoms with Crippen LogP contribution in [0.3, 0.4) is 0 Å². The van der Waals surface area contributed by atoms with Gasteiger partial charge in [0, 0.05) is 12.5 Å². The van der Waals surface area contributed by atoms with Crippen LogP contribution in [0.5, 0.6) is 5.75 Å². The first kappa shape index (κ1) is 16.2. The quantitative estimate of drug-likeness (QED) is 0.490. The normalized spacial score (nSPS) is 36.0. The van der Waals surface area contributed by atoms with Crippen molar-refractivity contribution >= 4 is 17.6 Å². The third-order valence-corrected chi connectivity index (χ3v) is 7.20. The van der Waals surface area contributed by atoms with E-state index in [0.29, 0.717) is 17.1 Å². The van der Waals surface area contributed by atoms with E-state index in [0.717, 1.165) is 18.3 Å². The molecule has 0 aliphatic heterocycles. The molecule has 3 heteroatoms. The maximum Gasteiger partial charge on any atom is 0.308 e. The predicted molar refractivity (Wildman–Crippen MR) is 96.3 cm³/mol. The van der Waals surface area contributed by atoms with Gasteiger partial charge >= 0.3 is 5.97 Å². The first-order valence-electron chi connectivity index (χ1n) is 9.14. The molecule has 1 aromatic carbocycles. The number of aryl methyl sites for hydroxylation is 1. The zero-order chi connectivity index (χ0) is 16.9. The monoisotopic (exact) mass is 344 g/mol. The molecule has 4 atom stereocenters. The van der Waals surface area contributed by atoms with Crippen molar-refractivity contribution in [3.05, 3.63) is 40.4 Å². The molecule has 3 aliphatic rings. The van der Waals surface area contributed by atoms with Crippen LogP contribution in [0.15, 0.2) is 29.3 Å². The van der Waals surface area contributed by atoms with Gasteiger partial charge in [-0.15, -0.1) is 0 Å². The van der Waals surface area contributed by atoms with Gasteiger partial charge in [0.2, 0.25) is 0 Å². The highest BCUT2D eigenvalue weighted by Gasteiger charge is 2.52. The van der Waals surface area contributed by atoms with Crippen molar-refractivity contribution < 1.29 is 9.53 Å². The molecule has 128 valence electrons. The van der Waals surface area contributed by atoms with E-state index < -0.39 is 0 Å². The molecule has 24 heavy (non-hydrogen) atoms. The topological polar surface area (TPSA) is 26.3 Å². The van der Waals surface area contributed by atoms with Crippen molar-refractivity contribution in [3.8, 4) is 5.75 Å². The SMILES string of the molecule is CC(=O)Oc1ccc2c(c1)CC[C@@H]1[C@@H]2CC[C@]2(C)C(=CCl)CC[C@@H]12. The first-order valence-corrected chi connectivity index (χ1v) is 9.57. The molecule has 0 radical (unpaired) electrons.